The van der Waals surface area contributed by atoms with Gasteiger partial charge in [-0.05, 0) is 64.1 Å². The van der Waals surface area contributed by atoms with Crippen LogP contribution in [-0.4, -0.2) is 24.6 Å². The number of thioether (sulfide) groups is 1. The number of sulfonamides is 1. The summed E-state index contributed by atoms with van der Waals surface area (Å²) in [7, 11) is -3.66. The average molecular weight is 538 g/mol. The molecule has 186 valence electrons. The van der Waals surface area contributed by atoms with E-state index in [9.17, 15) is 13.2 Å². The highest BCUT2D eigenvalue weighted by molar-refractivity contribution is 8.00. The molecule has 6 nitrogen and oxygen atoms in total. The Morgan fingerprint density at radius 3 is 2.08 bits per heavy atom. The van der Waals surface area contributed by atoms with Crippen molar-refractivity contribution in [1.29, 1.82) is 0 Å². The van der Waals surface area contributed by atoms with Gasteiger partial charge in [0, 0.05) is 21.0 Å². The number of nitrogens with zero attached hydrogens (tertiary/aromatic N) is 1. The van der Waals surface area contributed by atoms with Gasteiger partial charge in [-0.25, -0.2) is 13.4 Å². The van der Waals surface area contributed by atoms with Crippen LogP contribution in [-0.2, 0) is 14.8 Å². The van der Waals surface area contributed by atoms with Gasteiger partial charge >= 0.3 is 0 Å². The highest BCUT2D eigenvalue weighted by Crippen LogP contribution is 2.32. The number of hydrogen-bond donors (Lipinski definition) is 2. The van der Waals surface area contributed by atoms with Crippen LogP contribution in [0.15, 0.2) is 82.6 Å². The van der Waals surface area contributed by atoms with Crippen LogP contribution in [0.5, 0.6) is 0 Å². The third kappa shape index (κ3) is 6.34. The highest BCUT2D eigenvalue weighted by Gasteiger charge is 2.18. The number of benzene rings is 3. The van der Waals surface area contributed by atoms with Crippen molar-refractivity contribution in [2.24, 2.45) is 0 Å². The lowest BCUT2D eigenvalue weighted by molar-refractivity contribution is -0.115. The smallest absolute Gasteiger partial charge is 0.261 e. The second kappa shape index (κ2) is 10.9. The minimum absolute atomic E-state index is 0.145. The van der Waals surface area contributed by atoms with Gasteiger partial charge in [0.05, 0.1) is 15.8 Å². The van der Waals surface area contributed by atoms with E-state index in [0.717, 1.165) is 26.6 Å². The van der Waals surface area contributed by atoms with Crippen molar-refractivity contribution in [3.63, 3.8) is 0 Å². The third-order valence-electron chi connectivity index (χ3n) is 5.47. The molecule has 1 aromatic heterocycles. The number of thiazole rings is 1. The van der Waals surface area contributed by atoms with Crippen molar-refractivity contribution in [3.05, 3.63) is 88.8 Å². The molecule has 0 saturated carbocycles. The molecule has 36 heavy (non-hydrogen) atoms. The van der Waals surface area contributed by atoms with E-state index in [0.29, 0.717) is 10.8 Å². The highest BCUT2D eigenvalue weighted by atomic mass is 32.2. The Hall–Kier alpha value is -3.14. The summed E-state index contributed by atoms with van der Waals surface area (Å²) in [5, 5.41) is 3.13. The Morgan fingerprint density at radius 2 is 1.47 bits per heavy atom. The van der Waals surface area contributed by atoms with E-state index in [1.807, 2.05) is 52.0 Å². The Balaban J connectivity index is 1.36. The Labute approximate surface area is 220 Å². The molecule has 1 amide bonds. The Bertz CT molecular complexity index is 1460. The second-order valence-corrected chi connectivity index (χ2v) is 12.8. The summed E-state index contributed by atoms with van der Waals surface area (Å²) < 4.78 is 27.8. The first-order chi connectivity index (χ1) is 17.1. The molecule has 0 saturated heterocycles. The third-order valence-corrected chi connectivity index (χ3v) is 8.87. The van der Waals surface area contributed by atoms with Crippen LogP contribution >= 0.6 is 23.1 Å². The number of aryl methyl sites for hydroxylation is 3. The normalized spacial score (nSPS) is 12.2. The van der Waals surface area contributed by atoms with Crippen molar-refractivity contribution in [2.45, 2.75) is 42.7 Å². The molecule has 4 aromatic rings. The van der Waals surface area contributed by atoms with Crippen LogP contribution < -0.4 is 10.0 Å². The predicted molar refractivity (Wildman–Crippen MR) is 149 cm³/mol. The maximum absolute atomic E-state index is 12.8. The fraction of sp³-hybridized carbons (Fsp3) is 0.185. The topological polar surface area (TPSA) is 88.2 Å². The van der Waals surface area contributed by atoms with Gasteiger partial charge < -0.3 is 5.32 Å². The maximum Gasteiger partial charge on any atom is 0.261 e. The van der Waals surface area contributed by atoms with Crippen LogP contribution in [0, 0.1) is 20.8 Å². The summed E-state index contributed by atoms with van der Waals surface area (Å²) >= 11 is 2.85. The summed E-state index contributed by atoms with van der Waals surface area (Å²) in [6.45, 7) is 7.77. The first-order valence-corrected chi connectivity index (χ1v) is 14.5. The number of aromatic nitrogens is 1. The van der Waals surface area contributed by atoms with Crippen molar-refractivity contribution in [2.75, 3.05) is 10.0 Å². The van der Waals surface area contributed by atoms with Crippen LogP contribution in [0.2, 0.25) is 0 Å². The minimum Gasteiger partial charge on any atom is -0.301 e. The monoisotopic (exact) mass is 537 g/mol. The number of nitrogens with one attached hydrogen (secondary N) is 2. The SMILES string of the molecule is Cc1ccc(-c2nc(NC(=O)C(C)Sc3ccc(NS(=O)(=O)c4ccc(C)cc4)cc3)sc2C)cc1. The molecule has 0 bridgehead atoms. The summed E-state index contributed by atoms with van der Waals surface area (Å²) in [6, 6.07) is 21.8. The number of hydrogen-bond acceptors (Lipinski definition) is 6. The summed E-state index contributed by atoms with van der Waals surface area (Å²) in [5.74, 6) is -0.145. The van der Waals surface area contributed by atoms with E-state index in [2.05, 4.69) is 15.0 Å². The second-order valence-electron chi connectivity index (χ2n) is 8.48. The van der Waals surface area contributed by atoms with Crippen molar-refractivity contribution in [3.8, 4) is 11.3 Å². The van der Waals surface area contributed by atoms with Gasteiger partial charge in [-0.2, -0.15) is 0 Å². The van der Waals surface area contributed by atoms with Gasteiger partial charge in [-0.3, -0.25) is 9.52 Å². The van der Waals surface area contributed by atoms with Crippen molar-refractivity contribution < 1.29 is 13.2 Å². The Morgan fingerprint density at radius 1 is 0.889 bits per heavy atom. The van der Waals surface area contributed by atoms with Crippen molar-refractivity contribution >= 4 is 49.8 Å². The van der Waals surface area contributed by atoms with Gasteiger partial charge in [-0.1, -0.05) is 47.5 Å². The molecule has 0 aliphatic rings. The zero-order chi connectivity index (χ0) is 25.9. The summed E-state index contributed by atoms with van der Waals surface area (Å²) in [5.41, 5.74) is 4.53. The van der Waals surface area contributed by atoms with Gasteiger partial charge in [0.1, 0.15) is 0 Å². The molecule has 1 unspecified atom stereocenters. The van der Waals surface area contributed by atoms with Crippen LogP contribution in [0.4, 0.5) is 10.8 Å². The van der Waals surface area contributed by atoms with Gasteiger partial charge in [0.25, 0.3) is 10.0 Å². The molecule has 2 N–H and O–H groups in total. The number of amides is 1. The van der Waals surface area contributed by atoms with E-state index in [4.69, 9.17) is 0 Å². The minimum atomic E-state index is -3.66. The number of rotatable bonds is 8. The maximum atomic E-state index is 12.8. The molecule has 1 heterocycles. The molecule has 0 spiro atoms. The van der Waals surface area contributed by atoms with Crippen LogP contribution in [0.1, 0.15) is 22.9 Å². The number of anilines is 2. The Kier molecular flexibility index (Phi) is 7.82. The first-order valence-electron chi connectivity index (χ1n) is 11.3. The zero-order valence-corrected chi connectivity index (χ0v) is 22.9. The molecular weight excluding hydrogens is 511 g/mol. The fourth-order valence-corrected chi connectivity index (χ4v) is 6.19. The fourth-order valence-electron chi connectivity index (χ4n) is 3.43. The van der Waals surface area contributed by atoms with E-state index >= 15 is 0 Å². The molecule has 3 aromatic carbocycles. The lowest BCUT2D eigenvalue weighted by Crippen LogP contribution is -2.22. The molecule has 0 aliphatic heterocycles. The quantitative estimate of drug-likeness (QED) is 0.246. The van der Waals surface area contributed by atoms with Crippen molar-refractivity contribution in [1.82, 2.24) is 4.98 Å². The predicted octanol–water partition coefficient (Wildman–Crippen LogP) is 6.66. The molecule has 9 heteroatoms. The molecule has 1 atom stereocenters. The molecular formula is C27H27N3O3S3. The first kappa shape index (κ1) is 25.9. The molecule has 0 fully saturated rings. The van der Waals surface area contributed by atoms with E-state index in [1.54, 1.807) is 48.5 Å². The lowest BCUT2D eigenvalue weighted by Gasteiger charge is -2.12. The average Bonchev–Trinajstić information content (AvgIpc) is 3.20. The van der Waals surface area contributed by atoms with Crippen LogP contribution in [0.25, 0.3) is 11.3 Å². The molecule has 4 rings (SSSR count). The number of carbonyl (C=O) groups is 1. The molecule has 0 aliphatic carbocycles. The van der Waals surface area contributed by atoms with E-state index in [-0.39, 0.29) is 16.1 Å². The van der Waals surface area contributed by atoms with E-state index in [1.165, 1.54) is 28.7 Å². The standard InChI is InChI=1S/C27H27N3O3S3/c1-17-5-9-21(10-6-17)25-19(3)35-27(28-25)29-26(31)20(4)34-23-13-11-22(12-14-23)30-36(32,33)24-15-7-18(2)8-16-24/h5-16,20,30H,1-4H3,(H,28,29,31). The van der Waals surface area contributed by atoms with Gasteiger partial charge in [-0.15, -0.1) is 23.1 Å². The lowest BCUT2D eigenvalue weighted by atomic mass is 10.1. The summed E-state index contributed by atoms with van der Waals surface area (Å²) in [6.07, 6.45) is 0. The van der Waals surface area contributed by atoms with Gasteiger partial charge in [0.15, 0.2) is 5.13 Å². The zero-order valence-electron chi connectivity index (χ0n) is 20.4. The number of carbonyl (C=O) groups excluding carboxylic acids is 1. The van der Waals surface area contributed by atoms with Crippen LogP contribution in [0.3, 0.4) is 0 Å². The summed E-state index contributed by atoms with van der Waals surface area (Å²) in [4.78, 5) is 19.5. The molecule has 0 radical (unpaired) electrons. The van der Waals surface area contributed by atoms with Gasteiger partial charge in [0.2, 0.25) is 5.91 Å². The largest absolute Gasteiger partial charge is 0.301 e. The van der Waals surface area contributed by atoms with E-state index < -0.39 is 10.0 Å².